The van der Waals surface area contributed by atoms with E-state index in [0.717, 1.165) is 14.8 Å². The number of nitrogen functional groups attached to an aromatic ring is 1. The van der Waals surface area contributed by atoms with Gasteiger partial charge in [-0.1, -0.05) is 18.2 Å². The van der Waals surface area contributed by atoms with Crippen molar-refractivity contribution in [3.05, 3.63) is 51.6 Å². The first-order valence-electron chi connectivity index (χ1n) is 5.75. The number of halogens is 1. The van der Waals surface area contributed by atoms with Gasteiger partial charge < -0.3 is 16.4 Å². The molecule has 0 aliphatic heterocycles. The van der Waals surface area contributed by atoms with Crippen LogP contribution in [0.4, 0.5) is 21.9 Å². The summed E-state index contributed by atoms with van der Waals surface area (Å²) in [7, 11) is 0. The van der Waals surface area contributed by atoms with Crippen molar-refractivity contribution in [1.29, 1.82) is 0 Å². The molecular formula is C14H14IN3O. The number of nitrogens with one attached hydrogen (secondary N) is 2. The van der Waals surface area contributed by atoms with Crippen LogP contribution in [-0.4, -0.2) is 6.03 Å². The van der Waals surface area contributed by atoms with Gasteiger partial charge in [-0.25, -0.2) is 4.79 Å². The summed E-state index contributed by atoms with van der Waals surface area (Å²) in [6.45, 7) is 1.95. The second kappa shape index (κ2) is 5.92. The van der Waals surface area contributed by atoms with E-state index < -0.39 is 0 Å². The van der Waals surface area contributed by atoms with Gasteiger partial charge in [-0.2, -0.15) is 0 Å². The predicted octanol–water partition coefficient (Wildman–Crippen LogP) is 3.83. The topological polar surface area (TPSA) is 67.1 Å². The molecule has 0 atom stereocenters. The van der Waals surface area contributed by atoms with Crippen molar-refractivity contribution < 1.29 is 4.79 Å². The number of amides is 2. The van der Waals surface area contributed by atoms with E-state index in [2.05, 4.69) is 33.2 Å². The SMILES string of the molecule is Cc1ccc(N)c(NC(=O)Nc2ccccc2I)c1. The highest BCUT2D eigenvalue weighted by molar-refractivity contribution is 14.1. The van der Waals surface area contributed by atoms with Gasteiger partial charge in [0.25, 0.3) is 0 Å². The Balaban J connectivity index is 2.10. The Morgan fingerprint density at radius 1 is 1.11 bits per heavy atom. The van der Waals surface area contributed by atoms with Gasteiger partial charge in [-0.15, -0.1) is 0 Å². The van der Waals surface area contributed by atoms with Gasteiger partial charge in [0.05, 0.1) is 17.1 Å². The van der Waals surface area contributed by atoms with Crippen LogP contribution in [0.1, 0.15) is 5.56 Å². The second-order valence-corrected chi connectivity index (χ2v) is 5.31. The number of benzene rings is 2. The zero-order valence-electron chi connectivity index (χ0n) is 10.4. The van der Waals surface area contributed by atoms with Crippen LogP contribution in [-0.2, 0) is 0 Å². The lowest BCUT2D eigenvalue weighted by atomic mass is 10.2. The summed E-state index contributed by atoms with van der Waals surface area (Å²) in [6, 6.07) is 12.8. The average Bonchev–Trinajstić information content (AvgIpc) is 2.37. The van der Waals surface area contributed by atoms with Gasteiger partial charge in [0.15, 0.2) is 0 Å². The maximum absolute atomic E-state index is 11.9. The number of hydrogen-bond acceptors (Lipinski definition) is 2. The van der Waals surface area contributed by atoms with Crippen LogP contribution in [0.3, 0.4) is 0 Å². The summed E-state index contributed by atoms with van der Waals surface area (Å²) in [4.78, 5) is 11.9. The fraction of sp³-hybridized carbons (Fsp3) is 0.0714. The molecular weight excluding hydrogens is 353 g/mol. The molecule has 2 rings (SSSR count). The summed E-state index contributed by atoms with van der Waals surface area (Å²) in [5.74, 6) is 0. The number of hydrogen-bond donors (Lipinski definition) is 3. The van der Waals surface area contributed by atoms with Gasteiger partial charge in [-0.3, -0.25) is 0 Å². The van der Waals surface area contributed by atoms with E-state index in [-0.39, 0.29) is 6.03 Å². The highest BCUT2D eigenvalue weighted by Crippen LogP contribution is 2.21. The van der Waals surface area contributed by atoms with E-state index in [4.69, 9.17) is 5.73 Å². The Morgan fingerprint density at radius 3 is 2.53 bits per heavy atom. The summed E-state index contributed by atoms with van der Waals surface area (Å²) in [5.41, 5.74) is 8.79. The number of nitrogens with two attached hydrogens (primary N) is 1. The Labute approximate surface area is 125 Å². The third-order valence-electron chi connectivity index (χ3n) is 2.58. The monoisotopic (exact) mass is 367 g/mol. The normalized spacial score (nSPS) is 10.0. The quantitative estimate of drug-likeness (QED) is 0.558. The Bertz CT molecular complexity index is 613. The first-order chi connectivity index (χ1) is 9.06. The standard InChI is InChI=1S/C14H14IN3O/c1-9-6-7-11(16)13(8-9)18-14(19)17-12-5-3-2-4-10(12)15/h2-8H,16H2,1H3,(H2,17,18,19). The number of rotatable bonds is 2. The molecule has 2 aromatic rings. The van der Waals surface area contributed by atoms with Crippen LogP contribution in [0.2, 0.25) is 0 Å². The molecule has 0 saturated heterocycles. The van der Waals surface area contributed by atoms with Crippen molar-refractivity contribution in [2.24, 2.45) is 0 Å². The van der Waals surface area contributed by atoms with E-state index in [1.54, 1.807) is 6.07 Å². The summed E-state index contributed by atoms with van der Waals surface area (Å²) >= 11 is 2.17. The molecule has 5 heteroatoms. The zero-order chi connectivity index (χ0) is 13.8. The van der Waals surface area contributed by atoms with E-state index in [0.29, 0.717) is 11.4 Å². The number of anilines is 3. The largest absolute Gasteiger partial charge is 0.397 e. The van der Waals surface area contributed by atoms with Gasteiger partial charge in [0.2, 0.25) is 0 Å². The third kappa shape index (κ3) is 3.60. The first-order valence-corrected chi connectivity index (χ1v) is 6.83. The smallest absolute Gasteiger partial charge is 0.323 e. The average molecular weight is 367 g/mol. The molecule has 0 aliphatic rings. The van der Waals surface area contributed by atoms with Gasteiger partial charge in [0, 0.05) is 3.57 Å². The van der Waals surface area contributed by atoms with Crippen LogP contribution in [0, 0.1) is 10.5 Å². The van der Waals surface area contributed by atoms with Crippen LogP contribution >= 0.6 is 22.6 Å². The number of urea groups is 1. The maximum Gasteiger partial charge on any atom is 0.323 e. The lowest BCUT2D eigenvalue weighted by molar-refractivity contribution is 0.262. The lowest BCUT2D eigenvalue weighted by Gasteiger charge is -2.11. The van der Waals surface area contributed by atoms with Crippen LogP contribution < -0.4 is 16.4 Å². The predicted molar refractivity (Wildman–Crippen MR) is 87.4 cm³/mol. The highest BCUT2D eigenvalue weighted by Gasteiger charge is 2.07. The van der Waals surface area contributed by atoms with Gasteiger partial charge >= 0.3 is 6.03 Å². The first kappa shape index (κ1) is 13.7. The van der Waals surface area contributed by atoms with E-state index in [9.17, 15) is 4.79 Å². The molecule has 4 nitrogen and oxygen atoms in total. The van der Waals surface area contributed by atoms with Crippen LogP contribution in [0.15, 0.2) is 42.5 Å². The van der Waals surface area contributed by atoms with Gasteiger partial charge in [0.1, 0.15) is 0 Å². The molecule has 0 spiro atoms. The lowest BCUT2D eigenvalue weighted by Crippen LogP contribution is -2.20. The number of aryl methyl sites for hydroxylation is 1. The van der Waals surface area contributed by atoms with Crippen molar-refractivity contribution in [2.75, 3.05) is 16.4 Å². The molecule has 2 amide bonds. The van der Waals surface area contributed by atoms with E-state index in [1.165, 1.54) is 0 Å². The molecule has 0 unspecified atom stereocenters. The van der Waals surface area contributed by atoms with Crippen molar-refractivity contribution in [2.45, 2.75) is 6.92 Å². The Morgan fingerprint density at radius 2 is 1.79 bits per heavy atom. The molecule has 0 radical (unpaired) electrons. The molecule has 0 fully saturated rings. The highest BCUT2D eigenvalue weighted by atomic mass is 127. The molecule has 19 heavy (non-hydrogen) atoms. The molecule has 0 aliphatic carbocycles. The third-order valence-corrected chi connectivity index (χ3v) is 3.52. The second-order valence-electron chi connectivity index (χ2n) is 4.15. The minimum Gasteiger partial charge on any atom is -0.397 e. The van der Waals surface area contributed by atoms with Crippen LogP contribution in [0.5, 0.6) is 0 Å². The maximum atomic E-state index is 11.9. The van der Waals surface area contributed by atoms with Gasteiger partial charge in [-0.05, 0) is 59.3 Å². The molecule has 2 aromatic carbocycles. The van der Waals surface area contributed by atoms with E-state index >= 15 is 0 Å². The number of carbonyl (C=O) groups is 1. The molecule has 0 aromatic heterocycles. The molecule has 98 valence electrons. The molecule has 0 bridgehead atoms. The minimum absolute atomic E-state index is 0.304. The zero-order valence-corrected chi connectivity index (χ0v) is 12.6. The minimum atomic E-state index is -0.304. The van der Waals surface area contributed by atoms with Crippen molar-refractivity contribution >= 4 is 45.7 Å². The van der Waals surface area contributed by atoms with E-state index in [1.807, 2.05) is 43.3 Å². The number of carbonyl (C=O) groups excluding carboxylic acids is 1. The molecule has 0 heterocycles. The summed E-state index contributed by atoms with van der Waals surface area (Å²) < 4.78 is 0.979. The molecule has 4 N–H and O–H groups in total. The van der Waals surface area contributed by atoms with Crippen molar-refractivity contribution in [3.63, 3.8) is 0 Å². The summed E-state index contributed by atoms with van der Waals surface area (Å²) in [6.07, 6.45) is 0. The summed E-state index contributed by atoms with van der Waals surface area (Å²) in [5, 5.41) is 5.54. The fourth-order valence-corrected chi connectivity index (χ4v) is 2.14. The van der Waals surface area contributed by atoms with Crippen LogP contribution in [0.25, 0.3) is 0 Å². The fourth-order valence-electron chi connectivity index (χ4n) is 1.62. The number of para-hydroxylation sites is 1. The molecule has 0 saturated carbocycles. The Kier molecular flexibility index (Phi) is 4.26. The van der Waals surface area contributed by atoms with Crippen molar-refractivity contribution in [1.82, 2.24) is 0 Å². The Hall–Kier alpha value is -1.76. The van der Waals surface area contributed by atoms with Crippen molar-refractivity contribution in [3.8, 4) is 0 Å².